The Kier molecular flexibility index (Phi) is 9.26. The predicted octanol–water partition coefficient (Wildman–Crippen LogP) is 5.24. The molecule has 0 spiro atoms. The monoisotopic (exact) mass is 545 g/mol. The molecule has 0 aliphatic carbocycles. The lowest BCUT2D eigenvalue weighted by Crippen LogP contribution is -2.40. The maximum atomic E-state index is 14.1. The summed E-state index contributed by atoms with van der Waals surface area (Å²) in [4.78, 5) is 16.1. The number of phenols is 1. The molecule has 0 bridgehead atoms. The highest BCUT2D eigenvalue weighted by Crippen LogP contribution is 2.40. The first-order valence-corrected chi connectivity index (χ1v) is 12.6. The standard InChI is InChI=1S/C28H34F3N5O3/c1-17(2)27(38)36(12-4-5-19-15-20(26(33)34)6-8-24(19)37)21-7-9-25(23(16-21)28(29,30)31)39-22-10-13-35(14-11-22)18(3)32/h4-9,15-17,22,32,37H,10-14H2,1-3H3,(H3,33,34). The number of anilines is 1. The van der Waals surface area contributed by atoms with Gasteiger partial charge in [0.2, 0.25) is 5.91 Å². The van der Waals surface area contributed by atoms with Crippen molar-refractivity contribution in [1.29, 1.82) is 10.8 Å². The third kappa shape index (κ3) is 7.52. The van der Waals surface area contributed by atoms with E-state index in [4.69, 9.17) is 21.3 Å². The van der Waals surface area contributed by atoms with Gasteiger partial charge in [0.1, 0.15) is 23.4 Å². The van der Waals surface area contributed by atoms with Crippen molar-refractivity contribution in [3.8, 4) is 11.5 Å². The summed E-state index contributed by atoms with van der Waals surface area (Å²) in [5.74, 6) is -0.994. The van der Waals surface area contributed by atoms with Crippen LogP contribution in [0.15, 0.2) is 42.5 Å². The van der Waals surface area contributed by atoms with Gasteiger partial charge in [-0.3, -0.25) is 15.6 Å². The van der Waals surface area contributed by atoms with E-state index in [2.05, 4.69) is 0 Å². The topological polar surface area (TPSA) is 127 Å². The number of benzene rings is 2. The number of nitrogen functional groups attached to an aromatic ring is 1. The van der Waals surface area contributed by atoms with Crippen LogP contribution in [0, 0.1) is 16.7 Å². The SMILES string of the molecule is CC(=N)N1CCC(Oc2ccc(N(CC=Cc3cc(C(=N)N)ccc3O)C(=O)C(C)C)cc2C(F)(F)F)CC1. The molecule has 39 heavy (non-hydrogen) atoms. The lowest BCUT2D eigenvalue weighted by Gasteiger charge is -2.33. The zero-order valence-electron chi connectivity index (χ0n) is 22.2. The van der Waals surface area contributed by atoms with Gasteiger partial charge in [-0.2, -0.15) is 13.2 Å². The number of ether oxygens (including phenoxy) is 1. The summed E-state index contributed by atoms with van der Waals surface area (Å²) in [6.45, 7) is 6.00. The minimum absolute atomic E-state index is 0.0559. The molecule has 1 aliphatic rings. The molecule has 0 saturated carbocycles. The van der Waals surface area contributed by atoms with E-state index >= 15 is 0 Å². The molecular weight excluding hydrogens is 511 g/mol. The van der Waals surface area contributed by atoms with Gasteiger partial charge in [0, 0.05) is 55.2 Å². The number of piperidine rings is 1. The number of phenolic OH excluding ortho intramolecular Hbond substituents is 1. The number of amides is 1. The average Bonchev–Trinajstić information content (AvgIpc) is 2.87. The van der Waals surface area contributed by atoms with Crippen LogP contribution in [0.2, 0.25) is 0 Å². The quantitative estimate of drug-likeness (QED) is 0.267. The van der Waals surface area contributed by atoms with Crippen molar-refractivity contribution < 1.29 is 27.8 Å². The first-order valence-electron chi connectivity index (χ1n) is 12.6. The summed E-state index contributed by atoms with van der Waals surface area (Å²) >= 11 is 0. The second-order valence-corrected chi connectivity index (χ2v) is 9.76. The third-order valence-corrected chi connectivity index (χ3v) is 6.47. The Bertz CT molecular complexity index is 1250. The second-order valence-electron chi connectivity index (χ2n) is 9.76. The van der Waals surface area contributed by atoms with Gasteiger partial charge >= 0.3 is 6.18 Å². The van der Waals surface area contributed by atoms with Crippen LogP contribution < -0.4 is 15.4 Å². The molecule has 1 aliphatic heterocycles. The molecule has 1 amide bonds. The third-order valence-electron chi connectivity index (χ3n) is 6.47. The van der Waals surface area contributed by atoms with Crippen LogP contribution >= 0.6 is 0 Å². The number of carbonyl (C=O) groups excluding carboxylic acids is 1. The number of hydrogen-bond acceptors (Lipinski definition) is 5. The predicted molar refractivity (Wildman–Crippen MR) is 145 cm³/mol. The number of amidine groups is 2. The van der Waals surface area contributed by atoms with E-state index in [-0.39, 0.29) is 35.5 Å². The van der Waals surface area contributed by atoms with E-state index in [1.165, 1.54) is 41.3 Å². The Labute approximate surface area is 225 Å². The molecule has 11 heteroatoms. The summed E-state index contributed by atoms with van der Waals surface area (Å²) in [5, 5.41) is 25.4. The van der Waals surface area contributed by atoms with Gasteiger partial charge in [-0.05, 0) is 43.3 Å². The number of aromatic hydroxyl groups is 1. The van der Waals surface area contributed by atoms with Crippen molar-refractivity contribution in [2.75, 3.05) is 24.5 Å². The van der Waals surface area contributed by atoms with E-state index in [0.717, 1.165) is 6.07 Å². The van der Waals surface area contributed by atoms with E-state index in [9.17, 15) is 23.1 Å². The molecule has 5 N–H and O–H groups in total. The highest BCUT2D eigenvalue weighted by molar-refractivity contribution is 5.96. The van der Waals surface area contributed by atoms with Gasteiger partial charge in [-0.25, -0.2) is 0 Å². The molecule has 3 rings (SSSR count). The molecule has 0 atom stereocenters. The molecule has 0 unspecified atom stereocenters. The van der Waals surface area contributed by atoms with Crippen LogP contribution in [-0.4, -0.2) is 53.3 Å². The van der Waals surface area contributed by atoms with E-state index in [1.54, 1.807) is 26.8 Å². The number of alkyl halides is 3. The van der Waals surface area contributed by atoms with Crippen molar-refractivity contribution >= 4 is 29.3 Å². The van der Waals surface area contributed by atoms with Gasteiger partial charge in [0.15, 0.2) is 0 Å². The van der Waals surface area contributed by atoms with Crippen LogP contribution in [0.4, 0.5) is 18.9 Å². The van der Waals surface area contributed by atoms with Gasteiger partial charge in [0.05, 0.1) is 11.4 Å². The molecule has 210 valence electrons. The molecule has 0 aromatic heterocycles. The molecule has 2 aromatic carbocycles. The summed E-state index contributed by atoms with van der Waals surface area (Å²) in [5.41, 5.74) is 5.35. The number of likely N-dealkylation sites (tertiary alicyclic amines) is 1. The maximum absolute atomic E-state index is 14.1. The van der Waals surface area contributed by atoms with Gasteiger partial charge < -0.3 is 25.4 Å². The number of nitrogens with two attached hydrogens (primary N) is 1. The van der Waals surface area contributed by atoms with Crippen molar-refractivity contribution in [3.63, 3.8) is 0 Å². The average molecular weight is 546 g/mol. The van der Waals surface area contributed by atoms with Gasteiger partial charge in [0.25, 0.3) is 0 Å². The summed E-state index contributed by atoms with van der Waals surface area (Å²) in [6, 6.07) is 7.99. The Hall–Kier alpha value is -4.02. The number of carbonyl (C=O) groups is 1. The molecule has 2 aromatic rings. The van der Waals surface area contributed by atoms with Crippen LogP contribution in [0.3, 0.4) is 0 Å². The van der Waals surface area contributed by atoms with Gasteiger partial charge in [-0.1, -0.05) is 26.0 Å². The molecule has 1 fully saturated rings. The van der Waals surface area contributed by atoms with E-state index in [1.807, 2.05) is 4.90 Å². The first kappa shape index (κ1) is 29.5. The Morgan fingerprint density at radius 1 is 1.21 bits per heavy atom. The molecule has 1 heterocycles. The highest BCUT2D eigenvalue weighted by Gasteiger charge is 2.36. The first-order chi connectivity index (χ1) is 18.3. The van der Waals surface area contributed by atoms with Crippen LogP contribution in [0.1, 0.15) is 50.3 Å². The molecular formula is C28H34F3N5O3. The van der Waals surface area contributed by atoms with Crippen LogP contribution in [-0.2, 0) is 11.0 Å². The van der Waals surface area contributed by atoms with Crippen molar-refractivity contribution in [2.24, 2.45) is 11.7 Å². The van der Waals surface area contributed by atoms with Crippen LogP contribution in [0.25, 0.3) is 6.08 Å². The number of hydrogen-bond donors (Lipinski definition) is 4. The van der Waals surface area contributed by atoms with Crippen molar-refractivity contribution in [1.82, 2.24) is 4.90 Å². The number of halogens is 3. The Morgan fingerprint density at radius 2 is 1.87 bits per heavy atom. The summed E-state index contributed by atoms with van der Waals surface area (Å²) in [6.07, 6.45) is -1.06. The highest BCUT2D eigenvalue weighted by atomic mass is 19.4. The molecule has 1 saturated heterocycles. The fraction of sp³-hybridized carbons (Fsp3) is 0.393. The Morgan fingerprint density at radius 3 is 2.44 bits per heavy atom. The number of nitrogens with one attached hydrogen (secondary N) is 2. The minimum Gasteiger partial charge on any atom is -0.507 e. The van der Waals surface area contributed by atoms with E-state index in [0.29, 0.717) is 42.9 Å². The second kappa shape index (κ2) is 12.2. The zero-order chi connectivity index (χ0) is 28.9. The Balaban J connectivity index is 1.88. The minimum atomic E-state index is -4.71. The van der Waals surface area contributed by atoms with Crippen molar-refractivity contribution in [3.05, 3.63) is 59.2 Å². The smallest absolute Gasteiger partial charge is 0.420 e. The van der Waals surface area contributed by atoms with E-state index < -0.39 is 23.8 Å². The molecule has 8 nitrogen and oxygen atoms in total. The van der Waals surface area contributed by atoms with Gasteiger partial charge in [-0.15, -0.1) is 0 Å². The lowest BCUT2D eigenvalue weighted by molar-refractivity contribution is -0.139. The summed E-state index contributed by atoms with van der Waals surface area (Å²) < 4.78 is 48.1. The maximum Gasteiger partial charge on any atom is 0.420 e. The largest absolute Gasteiger partial charge is 0.507 e. The fourth-order valence-corrected chi connectivity index (χ4v) is 4.27. The molecule has 0 radical (unpaired) electrons. The fourth-order valence-electron chi connectivity index (χ4n) is 4.27. The normalized spacial score (nSPS) is 14.6. The summed E-state index contributed by atoms with van der Waals surface area (Å²) in [7, 11) is 0. The van der Waals surface area contributed by atoms with Crippen LogP contribution in [0.5, 0.6) is 11.5 Å². The van der Waals surface area contributed by atoms with Crippen molar-refractivity contribution in [2.45, 2.75) is 45.9 Å². The number of nitrogens with zero attached hydrogens (tertiary/aromatic N) is 2. The zero-order valence-corrected chi connectivity index (χ0v) is 22.2. The lowest BCUT2D eigenvalue weighted by atomic mass is 10.1. The number of rotatable bonds is 8.